The molecule has 0 spiro atoms. The summed E-state index contributed by atoms with van der Waals surface area (Å²) in [5.74, 6) is 0. The van der Waals surface area contributed by atoms with Gasteiger partial charge in [-0.25, -0.2) is 10.2 Å². The van der Waals surface area contributed by atoms with Crippen LogP contribution in [0.1, 0.15) is 5.56 Å². The highest BCUT2D eigenvalue weighted by Gasteiger charge is 2.16. The van der Waals surface area contributed by atoms with Crippen LogP contribution in [0.15, 0.2) is 35.6 Å². The van der Waals surface area contributed by atoms with Crippen LogP contribution in [-0.4, -0.2) is 65.8 Å². The lowest BCUT2D eigenvalue weighted by Gasteiger charge is -2.28. The molecule has 3 rings (SSSR count). The van der Waals surface area contributed by atoms with Crippen LogP contribution < -0.4 is 11.2 Å². The topological polar surface area (TPSA) is 105 Å². The Bertz CT molecular complexity index is 752. The number of aliphatic hydroxyl groups excluding tert-OH is 1. The van der Waals surface area contributed by atoms with E-state index in [9.17, 15) is 9.90 Å². The molecule has 134 valence electrons. The summed E-state index contributed by atoms with van der Waals surface area (Å²) in [4.78, 5) is 12.9. The molecule has 25 heavy (non-hydrogen) atoms. The van der Waals surface area contributed by atoms with Crippen LogP contribution >= 0.6 is 0 Å². The van der Waals surface area contributed by atoms with Crippen LogP contribution in [-0.2, 0) is 11.3 Å². The quantitative estimate of drug-likeness (QED) is 0.518. The van der Waals surface area contributed by atoms with Crippen molar-refractivity contribution in [3.63, 3.8) is 0 Å². The smallest absolute Gasteiger partial charge is 0.332 e. The van der Waals surface area contributed by atoms with E-state index in [1.807, 2.05) is 35.0 Å². The highest BCUT2D eigenvalue weighted by molar-refractivity contribution is 5.99. The fraction of sp³-hybridized carbons (Fsp3) is 0.412. The van der Waals surface area contributed by atoms with Gasteiger partial charge in [0.2, 0.25) is 0 Å². The lowest BCUT2D eigenvalue weighted by Crippen LogP contribution is -2.41. The van der Waals surface area contributed by atoms with E-state index in [1.54, 1.807) is 6.21 Å². The first-order chi connectivity index (χ1) is 12.1. The molecule has 8 nitrogen and oxygen atoms in total. The van der Waals surface area contributed by atoms with Crippen molar-refractivity contribution >= 4 is 23.1 Å². The number of primary amides is 1. The van der Waals surface area contributed by atoms with E-state index in [2.05, 4.69) is 15.4 Å². The molecule has 4 N–H and O–H groups in total. The summed E-state index contributed by atoms with van der Waals surface area (Å²) >= 11 is 0. The summed E-state index contributed by atoms with van der Waals surface area (Å²) in [5.41, 5.74) is 9.06. The van der Waals surface area contributed by atoms with Gasteiger partial charge in [0, 0.05) is 48.8 Å². The van der Waals surface area contributed by atoms with Gasteiger partial charge in [0.25, 0.3) is 0 Å². The number of ether oxygens (including phenoxy) is 1. The van der Waals surface area contributed by atoms with Crippen LogP contribution in [0.4, 0.5) is 4.79 Å². The lowest BCUT2D eigenvalue weighted by atomic mass is 10.2. The Labute approximate surface area is 145 Å². The number of carbonyl (C=O) groups excluding carboxylic acids is 1. The van der Waals surface area contributed by atoms with E-state index in [-0.39, 0.29) is 0 Å². The van der Waals surface area contributed by atoms with Crippen molar-refractivity contribution in [1.29, 1.82) is 0 Å². The number of benzene rings is 1. The molecular weight excluding hydrogens is 322 g/mol. The fourth-order valence-corrected chi connectivity index (χ4v) is 3.06. The van der Waals surface area contributed by atoms with E-state index in [0.29, 0.717) is 26.3 Å². The molecule has 2 amide bonds. The molecule has 1 aliphatic heterocycles. The molecular formula is C17H23N5O3. The zero-order chi connectivity index (χ0) is 17.6. The van der Waals surface area contributed by atoms with Gasteiger partial charge in [-0.1, -0.05) is 18.2 Å². The minimum atomic E-state index is -0.707. The number of carbonyl (C=O) groups is 1. The summed E-state index contributed by atoms with van der Waals surface area (Å²) in [5, 5.41) is 15.3. The Hall–Kier alpha value is -2.42. The Morgan fingerprint density at radius 1 is 1.36 bits per heavy atom. The summed E-state index contributed by atoms with van der Waals surface area (Å²) in [6, 6.07) is 7.16. The monoisotopic (exact) mass is 345 g/mol. The summed E-state index contributed by atoms with van der Waals surface area (Å²) in [6.45, 7) is 4.22. The number of amides is 2. The number of hydrogen-bond acceptors (Lipinski definition) is 5. The Balaban J connectivity index is 1.74. The molecule has 1 aliphatic rings. The van der Waals surface area contributed by atoms with E-state index in [0.717, 1.165) is 29.6 Å². The molecule has 0 aliphatic carbocycles. The maximum atomic E-state index is 10.7. The molecule has 1 aromatic heterocycles. The molecule has 0 bridgehead atoms. The van der Waals surface area contributed by atoms with Crippen LogP contribution in [0, 0.1) is 0 Å². The van der Waals surface area contributed by atoms with Crippen LogP contribution in [0.2, 0.25) is 0 Å². The number of rotatable bonds is 6. The second-order valence-corrected chi connectivity index (χ2v) is 6.06. The first kappa shape index (κ1) is 17.4. The van der Waals surface area contributed by atoms with Gasteiger partial charge in [-0.2, -0.15) is 5.10 Å². The number of nitrogens with zero attached hydrogens (tertiary/aromatic N) is 3. The molecule has 1 atom stereocenters. The van der Waals surface area contributed by atoms with Crippen LogP contribution in [0.25, 0.3) is 10.9 Å². The second-order valence-electron chi connectivity index (χ2n) is 6.06. The normalized spacial score (nSPS) is 17.2. The largest absolute Gasteiger partial charge is 0.390 e. The van der Waals surface area contributed by atoms with Gasteiger partial charge in [-0.3, -0.25) is 4.90 Å². The third-order valence-corrected chi connectivity index (χ3v) is 4.18. The minimum Gasteiger partial charge on any atom is -0.390 e. The highest BCUT2D eigenvalue weighted by atomic mass is 16.5. The van der Waals surface area contributed by atoms with E-state index in [1.165, 1.54) is 0 Å². The van der Waals surface area contributed by atoms with Crippen molar-refractivity contribution in [1.82, 2.24) is 14.9 Å². The standard InChI is InChI=1S/C17H23N5O3/c18-17(24)20-19-9-13-10-22(16-4-2-1-3-15(13)16)12-14(23)11-21-5-7-25-8-6-21/h1-4,9-10,14,23H,5-8,11-12H2,(H3,18,20,24)/b19-9-/t14-/m0/s1. The predicted molar refractivity (Wildman–Crippen MR) is 95.5 cm³/mol. The number of aliphatic hydroxyl groups is 1. The third-order valence-electron chi connectivity index (χ3n) is 4.18. The third kappa shape index (κ3) is 4.56. The first-order valence-electron chi connectivity index (χ1n) is 8.28. The van der Waals surface area contributed by atoms with Crippen molar-refractivity contribution in [3.8, 4) is 0 Å². The summed E-state index contributed by atoms with van der Waals surface area (Å²) in [7, 11) is 0. The number of urea groups is 1. The lowest BCUT2D eigenvalue weighted by molar-refractivity contribution is 0.0117. The van der Waals surface area contributed by atoms with E-state index < -0.39 is 12.1 Å². The zero-order valence-corrected chi connectivity index (χ0v) is 14.0. The number of nitrogens with two attached hydrogens (primary N) is 1. The minimum absolute atomic E-state index is 0.481. The molecule has 8 heteroatoms. The van der Waals surface area contributed by atoms with Crippen LogP contribution in [0.3, 0.4) is 0 Å². The van der Waals surface area contributed by atoms with Gasteiger partial charge in [0.05, 0.1) is 25.5 Å². The molecule has 1 saturated heterocycles. The highest BCUT2D eigenvalue weighted by Crippen LogP contribution is 2.20. The average Bonchev–Trinajstić information content (AvgIpc) is 2.93. The number of hydrogen-bond donors (Lipinski definition) is 3. The molecule has 1 fully saturated rings. The molecule has 1 aromatic carbocycles. The number of morpholine rings is 1. The number of nitrogens with one attached hydrogen (secondary N) is 1. The molecule has 0 unspecified atom stereocenters. The van der Waals surface area contributed by atoms with Gasteiger partial charge in [0.15, 0.2) is 0 Å². The molecule has 0 saturated carbocycles. The number of fused-ring (bicyclic) bond motifs is 1. The number of β-amino-alcohol motifs (C(OH)–C–C–N with tert-alkyl or cyclic N) is 1. The summed E-state index contributed by atoms with van der Waals surface area (Å²) < 4.78 is 7.34. The SMILES string of the molecule is NC(=O)N/N=C\c1cn(C[C@@H](O)CN2CCOCC2)c2ccccc12. The van der Waals surface area contributed by atoms with E-state index >= 15 is 0 Å². The maximum absolute atomic E-state index is 10.7. The fourth-order valence-electron chi connectivity index (χ4n) is 3.06. The predicted octanol–water partition coefficient (Wildman–Crippen LogP) is 0.337. The number of para-hydroxylation sites is 1. The second kappa shape index (κ2) is 8.11. The van der Waals surface area contributed by atoms with Gasteiger partial charge in [-0.15, -0.1) is 0 Å². The zero-order valence-electron chi connectivity index (χ0n) is 14.0. The molecule has 2 aromatic rings. The van der Waals surface area contributed by atoms with Gasteiger partial charge in [0.1, 0.15) is 0 Å². The summed E-state index contributed by atoms with van der Waals surface area (Å²) in [6.07, 6.45) is 2.99. The van der Waals surface area contributed by atoms with Crippen molar-refractivity contribution in [2.75, 3.05) is 32.8 Å². The van der Waals surface area contributed by atoms with E-state index in [4.69, 9.17) is 10.5 Å². The molecule has 0 radical (unpaired) electrons. The van der Waals surface area contributed by atoms with Gasteiger partial charge < -0.3 is 20.1 Å². The Morgan fingerprint density at radius 3 is 2.88 bits per heavy atom. The van der Waals surface area contributed by atoms with Crippen LogP contribution in [0.5, 0.6) is 0 Å². The first-order valence-corrected chi connectivity index (χ1v) is 8.28. The van der Waals surface area contributed by atoms with Crippen molar-refractivity contribution < 1.29 is 14.6 Å². The van der Waals surface area contributed by atoms with Crippen molar-refractivity contribution in [2.45, 2.75) is 12.6 Å². The van der Waals surface area contributed by atoms with Gasteiger partial charge in [-0.05, 0) is 6.07 Å². The van der Waals surface area contributed by atoms with Crippen molar-refractivity contribution in [3.05, 3.63) is 36.0 Å². The Morgan fingerprint density at radius 2 is 2.12 bits per heavy atom. The van der Waals surface area contributed by atoms with Gasteiger partial charge >= 0.3 is 6.03 Å². The number of hydrazone groups is 1. The Kier molecular flexibility index (Phi) is 5.64. The number of aromatic nitrogens is 1. The van der Waals surface area contributed by atoms with Crippen molar-refractivity contribution in [2.24, 2.45) is 10.8 Å². The average molecular weight is 345 g/mol. The maximum Gasteiger partial charge on any atom is 0.332 e. The molecule has 2 heterocycles.